The smallest absolute Gasteiger partial charge is 0.158 e. The molecule has 0 aliphatic carbocycles. The molecule has 0 aromatic heterocycles. The summed E-state index contributed by atoms with van der Waals surface area (Å²) in [5.41, 5.74) is 5.83. The third kappa shape index (κ3) is 2.92. The van der Waals surface area contributed by atoms with E-state index in [2.05, 4.69) is 4.90 Å². The van der Waals surface area contributed by atoms with Crippen LogP contribution < -0.4 is 5.73 Å². The molecule has 1 atom stereocenters. The predicted octanol–water partition coefficient (Wildman–Crippen LogP) is 0.172. The van der Waals surface area contributed by atoms with Gasteiger partial charge in [-0.25, -0.2) is 0 Å². The van der Waals surface area contributed by atoms with E-state index in [0.29, 0.717) is 6.04 Å². The molecular weight excluding hydrogens is 180 g/mol. The van der Waals surface area contributed by atoms with Crippen LogP contribution in [0.25, 0.3) is 0 Å². The second-order valence-corrected chi connectivity index (χ2v) is 4.16. The van der Waals surface area contributed by atoms with Crippen molar-refractivity contribution in [1.82, 2.24) is 4.90 Å². The van der Waals surface area contributed by atoms with Crippen molar-refractivity contribution in [3.8, 4) is 0 Å². The Bertz CT molecular complexity index is 167. The first-order chi connectivity index (χ1) is 6.84. The Morgan fingerprint density at radius 1 is 1.29 bits per heavy atom. The zero-order valence-electron chi connectivity index (χ0n) is 8.65. The van der Waals surface area contributed by atoms with E-state index in [1.807, 2.05) is 0 Å². The molecule has 2 N–H and O–H groups in total. The fourth-order valence-corrected chi connectivity index (χ4v) is 2.06. The third-order valence-corrected chi connectivity index (χ3v) is 2.89. The van der Waals surface area contributed by atoms with Crippen LogP contribution in [0.4, 0.5) is 0 Å². The Kier molecular flexibility index (Phi) is 3.75. The number of nitrogens with zero attached hydrogens (tertiary/aromatic N) is 1. The normalized spacial score (nSPS) is 31.1. The van der Waals surface area contributed by atoms with Crippen LogP contribution in [0.2, 0.25) is 0 Å². The van der Waals surface area contributed by atoms with E-state index in [1.165, 1.54) is 0 Å². The summed E-state index contributed by atoms with van der Waals surface area (Å²) in [4.78, 5) is 2.39. The van der Waals surface area contributed by atoms with E-state index in [1.54, 1.807) is 0 Å². The van der Waals surface area contributed by atoms with Gasteiger partial charge in [-0.2, -0.15) is 0 Å². The van der Waals surface area contributed by atoms with Gasteiger partial charge in [0.15, 0.2) is 6.29 Å². The first kappa shape index (κ1) is 10.4. The number of nitrogens with two attached hydrogens (primary N) is 1. The summed E-state index contributed by atoms with van der Waals surface area (Å²) in [5.74, 6) is 0. The molecule has 82 valence electrons. The van der Waals surface area contributed by atoms with Crippen LogP contribution in [0.15, 0.2) is 0 Å². The van der Waals surface area contributed by atoms with Gasteiger partial charge in [0.1, 0.15) is 0 Å². The maximum absolute atomic E-state index is 5.83. The van der Waals surface area contributed by atoms with Gasteiger partial charge in [0.2, 0.25) is 0 Å². The largest absolute Gasteiger partial charge is 0.353 e. The van der Waals surface area contributed by atoms with Gasteiger partial charge >= 0.3 is 0 Å². The second kappa shape index (κ2) is 5.07. The molecular formula is C10H20N2O2. The summed E-state index contributed by atoms with van der Waals surface area (Å²) >= 11 is 0. The molecule has 4 heteroatoms. The van der Waals surface area contributed by atoms with Crippen molar-refractivity contribution in [3.63, 3.8) is 0 Å². The highest BCUT2D eigenvalue weighted by Gasteiger charge is 2.21. The SMILES string of the molecule is NC1CCN(CCC2OCCCO2)C1. The Balaban J connectivity index is 1.61. The molecule has 2 heterocycles. The first-order valence-electron chi connectivity index (χ1n) is 5.56. The molecule has 0 aromatic rings. The van der Waals surface area contributed by atoms with Crippen LogP contribution in [0.3, 0.4) is 0 Å². The fourth-order valence-electron chi connectivity index (χ4n) is 2.06. The topological polar surface area (TPSA) is 47.7 Å². The van der Waals surface area contributed by atoms with Gasteiger partial charge in [-0.3, -0.25) is 0 Å². The monoisotopic (exact) mass is 200 g/mol. The summed E-state index contributed by atoms with van der Waals surface area (Å²) in [7, 11) is 0. The zero-order valence-corrected chi connectivity index (χ0v) is 8.65. The van der Waals surface area contributed by atoms with Gasteiger partial charge in [-0.1, -0.05) is 0 Å². The highest BCUT2D eigenvalue weighted by atomic mass is 16.7. The van der Waals surface area contributed by atoms with Crippen molar-refractivity contribution in [2.75, 3.05) is 32.8 Å². The molecule has 0 aromatic carbocycles. The van der Waals surface area contributed by atoms with Crippen molar-refractivity contribution >= 4 is 0 Å². The Labute approximate surface area is 85.3 Å². The van der Waals surface area contributed by atoms with Gasteiger partial charge in [-0.05, 0) is 19.4 Å². The van der Waals surface area contributed by atoms with Crippen LogP contribution in [-0.2, 0) is 9.47 Å². The van der Waals surface area contributed by atoms with E-state index >= 15 is 0 Å². The molecule has 2 saturated heterocycles. The molecule has 1 unspecified atom stereocenters. The zero-order chi connectivity index (χ0) is 9.80. The highest BCUT2D eigenvalue weighted by molar-refractivity contribution is 4.77. The van der Waals surface area contributed by atoms with Gasteiger partial charge < -0.3 is 20.1 Å². The minimum atomic E-state index is 0.0283. The van der Waals surface area contributed by atoms with Gasteiger partial charge in [0, 0.05) is 25.6 Å². The molecule has 0 spiro atoms. The first-order valence-corrected chi connectivity index (χ1v) is 5.56. The van der Waals surface area contributed by atoms with Crippen molar-refractivity contribution in [2.24, 2.45) is 5.73 Å². The third-order valence-electron chi connectivity index (χ3n) is 2.89. The van der Waals surface area contributed by atoms with Crippen molar-refractivity contribution in [1.29, 1.82) is 0 Å². The lowest BCUT2D eigenvalue weighted by molar-refractivity contribution is -0.182. The molecule has 2 rings (SSSR count). The number of ether oxygens (including phenoxy) is 2. The van der Waals surface area contributed by atoms with Crippen LogP contribution in [0.1, 0.15) is 19.3 Å². The van der Waals surface area contributed by atoms with E-state index < -0.39 is 0 Å². The average Bonchev–Trinajstić information content (AvgIpc) is 2.63. The number of likely N-dealkylation sites (tertiary alicyclic amines) is 1. The molecule has 0 saturated carbocycles. The van der Waals surface area contributed by atoms with Crippen LogP contribution in [-0.4, -0.2) is 50.1 Å². The maximum Gasteiger partial charge on any atom is 0.158 e. The summed E-state index contributed by atoms with van der Waals surface area (Å²) in [6.45, 7) is 4.92. The molecule has 0 bridgehead atoms. The predicted molar refractivity (Wildman–Crippen MR) is 54.0 cm³/mol. The van der Waals surface area contributed by atoms with Gasteiger partial charge in [0.05, 0.1) is 13.2 Å². The van der Waals surface area contributed by atoms with Crippen molar-refractivity contribution < 1.29 is 9.47 Å². The van der Waals surface area contributed by atoms with Crippen molar-refractivity contribution in [3.05, 3.63) is 0 Å². The van der Waals surface area contributed by atoms with Crippen LogP contribution >= 0.6 is 0 Å². The summed E-state index contributed by atoms with van der Waals surface area (Å²) in [5, 5.41) is 0. The Morgan fingerprint density at radius 3 is 2.71 bits per heavy atom. The molecule has 2 fully saturated rings. The highest BCUT2D eigenvalue weighted by Crippen LogP contribution is 2.12. The Morgan fingerprint density at radius 2 is 2.07 bits per heavy atom. The van der Waals surface area contributed by atoms with E-state index in [-0.39, 0.29) is 6.29 Å². The molecule has 4 nitrogen and oxygen atoms in total. The summed E-state index contributed by atoms with van der Waals surface area (Å²) in [6.07, 6.45) is 3.17. The maximum atomic E-state index is 5.83. The Hall–Kier alpha value is -0.160. The lowest BCUT2D eigenvalue weighted by Crippen LogP contribution is -2.32. The lowest BCUT2D eigenvalue weighted by Gasteiger charge is -2.25. The number of hydrogen-bond donors (Lipinski definition) is 1. The molecule has 0 amide bonds. The van der Waals surface area contributed by atoms with E-state index in [9.17, 15) is 0 Å². The van der Waals surface area contributed by atoms with Crippen LogP contribution in [0.5, 0.6) is 0 Å². The fraction of sp³-hybridized carbons (Fsp3) is 1.00. The minimum absolute atomic E-state index is 0.0283. The lowest BCUT2D eigenvalue weighted by atomic mass is 10.3. The number of rotatable bonds is 3. The average molecular weight is 200 g/mol. The summed E-state index contributed by atoms with van der Waals surface area (Å²) < 4.78 is 11.0. The number of hydrogen-bond acceptors (Lipinski definition) is 4. The second-order valence-electron chi connectivity index (χ2n) is 4.16. The quantitative estimate of drug-likeness (QED) is 0.705. The van der Waals surface area contributed by atoms with Crippen LogP contribution in [0, 0.1) is 0 Å². The molecule has 0 radical (unpaired) electrons. The summed E-state index contributed by atoms with van der Waals surface area (Å²) in [6, 6.07) is 0.378. The van der Waals surface area contributed by atoms with Gasteiger partial charge in [0.25, 0.3) is 0 Å². The molecule has 2 aliphatic heterocycles. The molecule has 2 aliphatic rings. The molecule has 14 heavy (non-hydrogen) atoms. The minimum Gasteiger partial charge on any atom is -0.353 e. The van der Waals surface area contributed by atoms with Gasteiger partial charge in [-0.15, -0.1) is 0 Å². The van der Waals surface area contributed by atoms with E-state index in [4.69, 9.17) is 15.2 Å². The van der Waals surface area contributed by atoms with Crippen molar-refractivity contribution in [2.45, 2.75) is 31.6 Å². The van der Waals surface area contributed by atoms with E-state index in [0.717, 1.165) is 52.1 Å². The standard InChI is InChI=1S/C10H20N2O2/c11-9-2-4-12(8-9)5-3-10-13-6-1-7-14-10/h9-10H,1-8,11H2.